The molecule has 0 radical (unpaired) electrons. The van der Waals surface area contributed by atoms with Crippen LogP contribution in [0.5, 0.6) is 0 Å². The van der Waals surface area contributed by atoms with Gasteiger partial charge in [-0.3, -0.25) is 14.4 Å². The van der Waals surface area contributed by atoms with E-state index in [-0.39, 0.29) is 28.7 Å². The lowest BCUT2D eigenvalue weighted by atomic mass is 9.81. The van der Waals surface area contributed by atoms with E-state index in [4.69, 9.17) is 11.6 Å². The summed E-state index contributed by atoms with van der Waals surface area (Å²) in [5, 5.41) is 9.53. The molecule has 1 aliphatic heterocycles. The first-order valence-corrected chi connectivity index (χ1v) is 10.5. The van der Waals surface area contributed by atoms with Crippen LogP contribution < -0.4 is 26.8 Å². The van der Waals surface area contributed by atoms with Crippen LogP contribution in [0.2, 0.25) is 5.02 Å². The van der Waals surface area contributed by atoms with E-state index < -0.39 is 10.9 Å². The van der Waals surface area contributed by atoms with Gasteiger partial charge in [0.05, 0.1) is 17.3 Å². The zero-order valence-electron chi connectivity index (χ0n) is 17.9. The van der Waals surface area contributed by atoms with Crippen molar-refractivity contribution in [1.82, 2.24) is 5.32 Å². The van der Waals surface area contributed by atoms with Gasteiger partial charge >= 0.3 is 0 Å². The monoisotopic (exact) mass is 437 g/mol. The first-order valence-electron chi connectivity index (χ1n) is 10.1. The van der Waals surface area contributed by atoms with E-state index >= 15 is 0 Å². The molecule has 3 aromatic carbocycles. The van der Waals surface area contributed by atoms with Crippen LogP contribution in [0.1, 0.15) is 53.9 Å². The molecule has 1 aliphatic rings. The van der Waals surface area contributed by atoms with Gasteiger partial charge in [-0.2, -0.15) is 0 Å². The van der Waals surface area contributed by atoms with Crippen LogP contribution in [0.15, 0.2) is 46.0 Å². The van der Waals surface area contributed by atoms with E-state index in [0.717, 1.165) is 11.1 Å². The standard InChI is InChI=1S/C24H24ClN3O3/c1-12-6-5-7-13(10-12)22(24(2,3)4)28-19-18(20(29)21(19)30)27-16-9-8-15(25)14-11-26-23(31)17(14)16/h5-10,22,27-28H,11H2,1-4H3,(H,26,31). The number of aryl methyl sites for hydroxylation is 1. The Bertz CT molecular complexity index is 1270. The number of halogens is 1. The third kappa shape index (κ3) is 3.72. The summed E-state index contributed by atoms with van der Waals surface area (Å²) < 4.78 is 0. The summed E-state index contributed by atoms with van der Waals surface area (Å²) in [4.78, 5) is 37.2. The molecule has 1 heterocycles. The van der Waals surface area contributed by atoms with E-state index in [1.54, 1.807) is 12.1 Å². The SMILES string of the molecule is Cc1cccc(C(Nc2c(Nc3ccc(Cl)c4c3C(=O)NC4)c(=O)c2=O)C(C)(C)C)c1. The zero-order valence-corrected chi connectivity index (χ0v) is 18.6. The third-order valence-corrected chi connectivity index (χ3v) is 5.96. The predicted molar refractivity (Wildman–Crippen MR) is 124 cm³/mol. The minimum absolute atomic E-state index is 0.163. The maximum Gasteiger partial charge on any atom is 0.254 e. The van der Waals surface area contributed by atoms with Gasteiger partial charge in [0, 0.05) is 17.1 Å². The summed E-state index contributed by atoms with van der Waals surface area (Å²) in [5.41, 5.74) is 2.65. The van der Waals surface area contributed by atoms with Crippen molar-refractivity contribution >= 4 is 34.6 Å². The average Bonchev–Trinajstić information content (AvgIpc) is 3.10. The quantitative estimate of drug-likeness (QED) is 0.514. The summed E-state index contributed by atoms with van der Waals surface area (Å²) >= 11 is 6.21. The zero-order chi connectivity index (χ0) is 22.5. The van der Waals surface area contributed by atoms with Crippen LogP contribution >= 0.6 is 11.6 Å². The van der Waals surface area contributed by atoms with Gasteiger partial charge < -0.3 is 16.0 Å². The molecule has 0 spiro atoms. The number of hydrogen-bond donors (Lipinski definition) is 3. The molecule has 1 atom stereocenters. The Morgan fingerprint density at radius 3 is 2.42 bits per heavy atom. The molecular formula is C24H24ClN3O3. The molecule has 0 bridgehead atoms. The van der Waals surface area contributed by atoms with Gasteiger partial charge in [0.25, 0.3) is 16.8 Å². The van der Waals surface area contributed by atoms with Crippen molar-refractivity contribution in [1.29, 1.82) is 0 Å². The topological polar surface area (TPSA) is 87.3 Å². The van der Waals surface area contributed by atoms with Crippen molar-refractivity contribution in [3.05, 3.63) is 84.1 Å². The molecule has 31 heavy (non-hydrogen) atoms. The smallest absolute Gasteiger partial charge is 0.254 e. The highest BCUT2D eigenvalue weighted by molar-refractivity contribution is 6.32. The molecule has 1 unspecified atom stereocenters. The lowest BCUT2D eigenvalue weighted by Crippen LogP contribution is -2.39. The van der Waals surface area contributed by atoms with Crippen molar-refractivity contribution < 1.29 is 4.79 Å². The molecule has 160 valence electrons. The molecule has 3 N–H and O–H groups in total. The van der Waals surface area contributed by atoms with E-state index in [1.165, 1.54) is 0 Å². The number of carbonyl (C=O) groups is 1. The van der Waals surface area contributed by atoms with Gasteiger partial charge in [0.1, 0.15) is 11.4 Å². The fourth-order valence-electron chi connectivity index (χ4n) is 3.99. The molecule has 0 fully saturated rings. The Morgan fingerprint density at radius 1 is 1.03 bits per heavy atom. The van der Waals surface area contributed by atoms with E-state index in [1.807, 2.05) is 25.1 Å². The summed E-state index contributed by atoms with van der Waals surface area (Å²) in [5.74, 6) is -0.263. The molecule has 0 saturated heterocycles. The number of nitrogens with one attached hydrogen (secondary N) is 3. The van der Waals surface area contributed by atoms with Gasteiger partial charge in [0.15, 0.2) is 0 Å². The lowest BCUT2D eigenvalue weighted by Gasteiger charge is -2.34. The highest BCUT2D eigenvalue weighted by Crippen LogP contribution is 2.38. The van der Waals surface area contributed by atoms with Gasteiger partial charge in [-0.25, -0.2) is 0 Å². The predicted octanol–water partition coefficient (Wildman–Crippen LogP) is 4.43. The number of fused-ring (bicyclic) bond motifs is 1. The van der Waals surface area contributed by atoms with Crippen molar-refractivity contribution in [2.75, 3.05) is 10.6 Å². The molecule has 1 amide bonds. The second-order valence-electron chi connectivity index (χ2n) is 9.02. The normalized spacial score (nSPS) is 14.3. The Morgan fingerprint density at radius 2 is 1.74 bits per heavy atom. The van der Waals surface area contributed by atoms with Crippen LogP contribution in [0, 0.1) is 12.3 Å². The highest BCUT2D eigenvalue weighted by Gasteiger charge is 2.32. The van der Waals surface area contributed by atoms with Crippen LogP contribution in [0.25, 0.3) is 0 Å². The van der Waals surface area contributed by atoms with E-state index in [0.29, 0.717) is 28.4 Å². The molecule has 6 nitrogen and oxygen atoms in total. The van der Waals surface area contributed by atoms with Crippen molar-refractivity contribution in [2.45, 2.75) is 40.3 Å². The number of hydrogen-bond acceptors (Lipinski definition) is 5. The Hall–Kier alpha value is -3.12. The summed E-state index contributed by atoms with van der Waals surface area (Å²) in [7, 11) is 0. The van der Waals surface area contributed by atoms with Crippen LogP contribution in [0.4, 0.5) is 17.1 Å². The van der Waals surface area contributed by atoms with Gasteiger partial charge in [-0.15, -0.1) is 0 Å². The van der Waals surface area contributed by atoms with E-state index in [2.05, 4.69) is 42.8 Å². The van der Waals surface area contributed by atoms with Gasteiger partial charge in [0.2, 0.25) is 0 Å². The Labute approximate surface area is 185 Å². The number of carbonyl (C=O) groups excluding carboxylic acids is 1. The fourth-order valence-corrected chi connectivity index (χ4v) is 4.22. The number of amides is 1. The molecule has 0 saturated carbocycles. The maximum absolute atomic E-state index is 12.5. The minimum atomic E-state index is -0.610. The molecule has 0 aromatic heterocycles. The Balaban J connectivity index is 1.71. The van der Waals surface area contributed by atoms with Crippen LogP contribution in [-0.2, 0) is 6.54 Å². The first-order chi connectivity index (χ1) is 14.6. The van der Waals surface area contributed by atoms with Crippen molar-refractivity contribution in [2.24, 2.45) is 5.41 Å². The van der Waals surface area contributed by atoms with Gasteiger partial charge in [-0.05, 0) is 30.0 Å². The number of benzene rings is 2. The Kier molecular flexibility index (Phi) is 5.13. The minimum Gasteiger partial charge on any atom is -0.373 e. The molecular weight excluding hydrogens is 414 g/mol. The second kappa shape index (κ2) is 7.54. The number of rotatable bonds is 5. The molecule has 7 heteroatoms. The average molecular weight is 438 g/mol. The van der Waals surface area contributed by atoms with Crippen molar-refractivity contribution in [3.63, 3.8) is 0 Å². The molecule has 3 aromatic rings. The van der Waals surface area contributed by atoms with E-state index in [9.17, 15) is 14.4 Å². The largest absolute Gasteiger partial charge is 0.373 e. The van der Waals surface area contributed by atoms with Crippen LogP contribution in [0.3, 0.4) is 0 Å². The summed E-state index contributed by atoms with van der Waals surface area (Å²) in [6.07, 6.45) is 0. The number of anilines is 3. The summed E-state index contributed by atoms with van der Waals surface area (Å²) in [6, 6.07) is 11.2. The fraction of sp³-hybridized carbons (Fsp3) is 0.292. The second-order valence-corrected chi connectivity index (χ2v) is 9.43. The highest BCUT2D eigenvalue weighted by atomic mass is 35.5. The van der Waals surface area contributed by atoms with Gasteiger partial charge in [-0.1, -0.05) is 62.2 Å². The lowest BCUT2D eigenvalue weighted by molar-refractivity contribution is 0.0966. The van der Waals surface area contributed by atoms with Crippen LogP contribution in [-0.4, -0.2) is 5.91 Å². The summed E-state index contributed by atoms with van der Waals surface area (Å²) in [6.45, 7) is 8.56. The molecule has 0 aliphatic carbocycles. The third-order valence-electron chi connectivity index (χ3n) is 5.61. The van der Waals surface area contributed by atoms with Crippen molar-refractivity contribution in [3.8, 4) is 0 Å². The maximum atomic E-state index is 12.5. The molecule has 4 rings (SSSR count). The first kappa shape index (κ1) is 21.1.